The van der Waals surface area contributed by atoms with Gasteiger partial charge in [-0.1, -0.05) is 0 Å². The first-order chi connectivity index (χ1) is 9.16. The van der Waals surface area contributed by atoms with Gasteiger partial charge in [0.2, 0.25) is 10.0 Å². The van der Waals surface area contributed by atoms with Crippen LogP contribution in [0.2, 0.25) is 0 Å². The standard InChI is InChI=1S/C11H14BrFN2O4S/c1-3-15(2)11(16)6-19-9-5-8(13)10(4-7(9)12)20(14,17)18/h4-5H,3,6H2,1-2H3,(H2,14,17,18). The van der Waals surface area contributed by atoms with Gasteiger partial charge >= 0.3 is 0 Å². The van der Waals surface area contributed by atoms with Crippen molar-refractivity contribution in [3.63, 3.8) is 0 Å². The van der Waals surface area contributed by atoms with E-state index < -0.39 is 20.7 Å². The number of rotatable bonds is 5. The van der Waals surface area contributed by atoms with Crippen LogP contribution in [0.3, 0.4) is 0 Å². The average Bonchev–Trinajstić information content (AvgIpc) is 2.36. The Balaban J connectivity index is 2.94. The number of carbonyl (C=O) groups is 1. The van der Waals surface area contributed by atoms with Crippen LogP contribution in [0.25, 0.3) is 0 Å². The molecular formula is C11H14BrFN2O4S. The fourth-order valence-electron chi connectivity index (χ4n) is 1.27. The summed E-state index contributed by atoms with van der Waals surface area (Å²) < 4.78 is 41.2. The highest BCUT2D eigenvalue weighted by molar-refractivity contribution is 9.10. The van der Waals surface area contributed by atoms with Crippen LogP contribution in [-0.2, 0) is 14.8 Å². The van der Waals surface area contributed by atoms with Gasteiger partial charge in [-0.05, 0) is 28.9 Å². The predicted octanol–water partition coefficient (Wildman–Crippen LogP) is 1.09. The second-order valence-electron chi connectivity index (χ2n) is 3.95. The molecule has 2 N–H and O–H groups in total. The molecule has 112 valence electrons. The van der Waals surface area contributed by atoms with Crippen molar-refractivity contribution in [3.05, 3.63) is 22.4 Å². The molecule has 0 saturated carbocycles. The van der Waals surface area contributed by atoms with Gasteiger partial charge in [0, 0.05) is 19.7 Å². The van der Waals surface area contributed by atoms with Crippen LogP contribution in [0.4, 0.5) is 4.39 Å². The molecule has 0 bridgehead atoms. The lowest BCUT2D eigenvalue weighted by Gasteiger charge is -2.15. The van der Waals surface area contributed by atoms with Crippen molar-refractivity contribution in [3.8, 4) is 5.75 Å². The molecule has 20 heavy (non-hydrogen) atoms. The lowest BCUT2D eigenvalue weighted by atomic mass is 10.3. The van der Waals surface area contributed by atoms with Gasteiger partial charge in [0.1, 0.15) is 16.5 Å². The number of benzene rings is 1. The number of likely N-dealkylation sites (N-methyl/N-ethyl adjacent to an activating group) is 1. The fraction of sp³-hybridized carbons (Fsp3) is 0.364. The maximum absolute atomic E-state index is 13.6. The summed E-state index contributed by atoms with van der Waals surface area (Å²) in [5.74, 6) is -1.30. The molecule has 6 nitrogen and oxygen atoms in total. The van der Waals surface area contributed by atoms with Gasteiger partial charge in [-0.2, -0.15) is 0 Å². The SMILES string of the molecule is CCN(C)C(=O)COc1cc(F)c(S(N)(=O)=O)cc1Br. The average molecular weight is 369 g/mol. The summed E-state index contributed by atoms with van der Waals surface area (Å²) in [6.45, 7) is 2.04. The Morgan fingerprint density at radius 3 is 2.60 bits per heavy atom. The van der Waals surface area contributed by atoms with Crippen LogP contribution in [-0.4, -0.2) is 39.4 Å². The van der Waals surface area contributed by atoms with Crippen molar-refractivity contribution in [2.45, 2.75) is 11.8 Å². The van der Waals surface area contributed by atoms with E-state index in [-0.39, 0.29) is 22.7 Å². The molecule has 0 spiro atoms. The van der Waals surface area contributed by atoms with Crippen molar-refractivity contribution >= 4 is 31.9 Å². The van der Waals surface area contributed by atoms with Crippen LogP contribution >= 0.6 is 15.9 Å². The number of ether oxygens (including phenoxy) is 1. The smallest absolute Gasteiger partial charge is 0.260 e. The minimum absolute atomic E-state index is 0.0211. The molecule has 1 rings (SSSR count). The Labute approximate surface area is 124 Å². The third-order valence-electron chi connectivity index (χ3n) is 2.54. The molecule has 0 atom stereocenters. The molecule has 0 aliphatic rings. The number of primary sulfonamides is 1. The third-order valence-corrected chi connectivity index (χ3v) is 4.09. The molecule has 0 fully saturated rings. The van der Waals surface area contributed by atoms with Crippen LogP contribution in [0.15, 0.2) is 21.5 Å². The maximum atomic E-state index is 13.6. The van der Waals surface area contributed by atoms with Gasteiger partial charge in [0.05, 0.1) is 4.47 Å². The first-order valence-electron chi connectivity index (χ1n) is 5.55. The number of nitrogens with zero attached hydrogens (tertiary/aromatic N) is 1. The summed E-state index contributed by atoms with van der Waals surface area (Å²) in [4.78, 5) is 12.3. The molecule has 0 aliphatic heterocycles. The monoisotopic (exact) mass is 368 g/mol. The summed E-state index contributed by atoms with van der Waals surface area (Å²) in [5.41, 5.74) is 0. The maximum Gasteiger partial charge on any atom is 0.260 e. The lowest BCUT2D eigenvalue weighted by molar-refractivity contribution is -0.131. The first kappa shape index (κ1) is 16.9. The first-order valence-corrected chi connectivity index (χ1v) is 7.89. The van der Waals surface area contributed by atoms with E-state index in [1.807, 2.05) is 0 Å². The number of halogens is 2. The topological polar surface area (TPSA) is 89.7 Å². The molecule has 0 heterocycles. The number of nitrogens with two attached hydrogens (primary N) is 1. The van der Waals surface area contributed by atoms with Crippen LogP contribution < -0.4 is 9.88 Å². The summed E-state index contributed by atoms with van der Waals surface area (Å²) in [6, 6.07) is 1.86. The molecule has 0 aliphatic carbocycles. The Morgan fingerprint density at radius 1 is 1.50 bits per heavy atom. The fourth-order valence-corrected chi connectivity index (χ4v) is 2.49. The van der Waals surface area contributed by atoms with Crippen molar-refractivity contribution in [2.75, 3.05) is 20.2 Å². The molecule has 1 aromatic rings. The summed E-state index contributed by atoms with van der Waals surface area (Å²) in [6.07, 6.45) is 0. The van der Waals surface area contributed by atoms with E-state index in [9.17, 15) is 17.6 Å². The van der Waals surface area contributed by atoms with E-state index in [0.29, 0.717) is 6.54 Å². The zero-order chi connectivity index (χ0) is 15.5. The summed E-state index contributed by atoms with van der Waals surface area (Å²) in [7, 11) is -2.55. The summed E-state index contributed by atoms with van der Waals surface area (Å²) >= 11 is 3.04. The van der Waals surface area contributed by atoms with Crippen molar-refractivity contribution in [1.82, 2.24) is 4.90 Å². The van der Waals surface area contributed by atoms with Gasteiger partial charge in [-0.25, -0.2) is 17.9 Å². The van der Waals surface area contributed by atoms with Gasteiger partial charge in [-0.15, -0.1) is 0 Å². The van der Waals surface area contributed by atoms with Crippen molar-refractivity contribution in [2.24, 2.45) is 5.14 Å². The highest BCUT2D eigenvalue weighted by Crippen LogP contribution is 2.29. The summed E-state index contributed by atoms with van der Waals surface area (Å²) in [5, 5.41) is 4.87. The second-order valence-corrected chi connectivity index (χ2v) is 6.34. The van der Waals surface area contributed by atoms with Crippen LogP contribution in [0.5, 0.6) is 5.75 Å². The Kier molecular flexibility index (Phi) is 5.49. The molecular weight excluding hydrogens is 355 g/mol. The highest BCUT2D eigenvalue weighted by Gasteiger charge is 2.18. The normalized spacial score (nSPS) is 11.2. The predicted molar refractivity (Wildman–Crippen MR) is 74.3 cm³/mol. The number of amides is 1. The van der Waals surface area contributed by atoms with Gasteiger partial charge in [0.25, 0.3) is 5.91 Å². The molecule has 0 unspecified atom stereocenters. The molecule has 0 radical (unpaired) electrons. The van der Waals surface area contributed by atoms with Gasteiger partial charge < -0.3 is 9.64 Å². The molecule has 0 saturated heterocycles. The Bertz CT molecular complexity index is 621. The molecule has 1 amide bonds. The van der Waals surface area contributed by atoms with E-state index >= 15 is 0 Å². The zero-order valence-electron chi connectivity index (χ0n) is 10.9. The number of carbonyl (C=O) groups excluding carboxylic acids is 1. The van der Waals surface area contributed by atoms with E-state index in [0.717, 1.165) is 12.1 Å². The van der Waals surface area contributed by atoms with Crippen LogP contribution in [0.1, 0.15) is 6.92 Å². The number of hydrogen-bond acceptors (Lipinski definition) is 4. The molecule has 1 aromatic carbocycles. The number of hydrogen-bond donors (Lipinski definition) is 1. The van der Waals surface area contributed by atoms with Gasteiger partial charge in [-0.3, -0.25) is 4.79 Å². The van der Waals surface area contributed by atoms with E-state index in [1.165, 1.54) is 4.90 Å². The number of sulfonamides is 1. The van der Waals surface area contributed by atoms with Crippen molar-refractivity contribution in [1.29, 1.82) is 0 Å². The third kappa shape index (κ3) is 4.15. The van der Waals surface area contributed by atoms with E-state index in [1.54, 1.807) is 14.0 Å². The van der Waals surface area contributed by atoms with Crippen LogP contribution in [0, 0.1) is 5.82 Å². The lowest BCUT2D eigenvalue weighted by Crippen LogP contribution is -2.31. The largest absolute Gasteiger partial charge is 0.482 e. The Morgan fingerprint density at radius 2 is 2.10 bits per heavy atom. The highest BCUT2D eigenvalue weighted by atomic mass is 79.9. The van der Waals surface area contributed by atoms with Gasteiger partial charge in [0.15, 0.2) is 6.61 Å². The molecule has 0 aromatic heterocycles. The second kappa shape index (κ2) is 6.51. The minimum atomic E-state index is -4.16. The minimum Gasteiger partial charge on any atom is -0.482 e. The van der Waals surface area contributed by atoms with E-state index in [2.05, 4.69) is 15.9 Å². The van der Waals surface area contributed by atoms with Crippen molar-refractivity contribution < 1.29 is 22.3 Å². The quantitative estimate of drug-likeness (QED) is 0.842. The van der Waals surface area contributed by atoms with E-state index in [4.69, 9.17) is 9.88 Å². The Hall–Kier alpha value is -1.19. The molecule has 9 heteroatoms. The zero-order valence-corrected chi connectivity index (χ0v) is 13.3.